The van der Waals surface area contributed by atoms with Gasteiger partial charge in [0.15, 0.2) is 0 Å². The number of hydrogen-bond donors (Lipinski definition) is 3. The first-order valence-electron chi connectivity index (χ1n) is 11.7. The number of hydrogen-bond acceptors (Lipinski definition) is 6. The van der Waals surface area contributed by atoms with Crippen molar-refractivity contribution in [3.05, 3.63) is 28.7 Å². The summed E-state index contributed by atoms with van der Waals surface area (Å²) in [6, 6.07) is 1.62. The number of aryl methyl sites for hydroxylation is 2. The third kappa shape index (κ3) is 5.24. The Morgan fingerprint density at radius 2 is 2.06 bits per heavy atom. The van der Waals surface area contributed by atoms with Crippen LogP contribution in [-0.2, 0) is 11.2 Å². The number of ether oxygens (including phenoxy) is 2. The van der Waals surface area contributed by atoms with E-state index in [1.807, 2.05) is 0 Å². The van der Waals surface area contributed by atoms with Gasteiger partial charge >= 0.3 is 12.6 Å². The first-order chi connectivity index (χ1) is 16.4. The number of nitrogens with zero attached hydrogens (tertiary/aromatic N) is 3. The maximum atomic E-state index is 12.9. The summed E-state index contributed by atoms with van der Waals surface area (Å²) >= 11 is 0. The van der Waals surface area contributed by atoms with Gasteiger partial charge in [0.25, 0.3) is 0 Å². The highest BCUT2D eigenvalue weighted by molar-refractivity contribution is 6.09. The number of carbonyl (C=O) groups excluding carboxylic acids is 1. The van der Waals surface area contributed by atoms with Gasteiger partial charge in [0.2, 0.25) is 0 Å². The largest absolute Gasteiger partial charge is 0.433 e. The Hall–Kier alpha value is -2.95. The molecule has 0 radical (unpaired) electrons. The summed E-state index contributed by atoms with van der Waals surface area (Å²) in [4.78, 5) is 20.3. The lowest BCUT2D eigenvalue weighted by Crippen LogP contribution is -2.49. The average molecular weight is 479 g/mol. The Morgan fingerprint density at radius 1 is 1.29 bits per heavy atom. The monoisotopic (exact) mass is 478 g/mol. The number of amidine groups is 1. The Balaban J connectivity index is 1.67. The van der Waals surface area contributed by atoms with Crippen molar-refractivity contribution >= 4 is 17.6 Å². The fourth-order valence-corrected chi connectivity index (χ4v) is 4.74. The van der Waals surface area contributed by atoms with Crippen LogP contribution < -0.4 is 20.3 Å². The minimum Gasteiger partial charge on any atom is -0.433 e. The van der Waals surface area contributed by atoms with Gasteiger partial charge in [-0.1, -0.05) is 0 Å². The zero-order chi connectivity index (χ0) is 24.2. The van der Waals surface area contributed by atoms with E-state index in [4.69, 9.17) is 10.1 Å². The number of aromatic nitrogens is 1. The van der Waals surface area contributed by atoms with Gasteiger partial charge in [-0.2, -0.15) is 8.78 Å². The summed E-state index contributed by atoms with van der Waals surface area (Å²) in [7, 11) is 1.59. The van der Waals surface area contributed by atoms with Gasteiger partial charge in [0.05, 0.1) is 23.6 Å². The molecule has 0 spiro atoms. The first-order valence-corrected chi connectivity index (χ1v) is 11.7. The van der Waals surface area contributed by atoms with Gasteiger partial charge in [0.1, 0.15) is 11.6 Å². The minimum atomic E-state index is -2.95. The van der Waals surface area contributed by atoms with Crippen LogP contribution in [0, 0.1) is 12.3 Å². The molecule has 11 heteroatoms. The predicted molar refractivity (Wildman–Crippen MR) is 124 cm³/mol. The highest BCUT2D eigenvalue weighted by Crippen LogP contribution is 2.34. The molecule has 186 valence electrons. The fourth-order valence-electron chi connectivity index (χ4n) is 4.74. The molecule has 2 amide bonds. The lowest BCUT2D eigenvalue weighted by Gasteiger charge is -2.38. The predicted octanol–water partition coefficient (Wildman–Crippen LogP) is 2.79. The van der Waals surface area contributed by atoms with E-state index in [-0.39, 0.29) is 30.2 Å². The Kier molecular flexibility index (Phi) is 7.50. The van der Waals surface area contributed by atoms with Crippen molar-refractivity contribution in [1.82, 2.24) is 20.5 Å². The Morgan fingerprint density at radius 3 is 2.76 bits per heavy atom. The number of fused-ring (bicyclic) bond motifs is 1. The van der Waals surface area contributed by atoms with E-state index in [0.717, 1.165) is 36.2 Å². The maximum Gasteiger partial charge on any atom is 0.387 e. The van der Waals surface area contributed by atoms with Gasteiger partial charge in [0, 0.05) is 63.2 Å². The molecular formula is C23H32F2N6O3. The molecule has 0 atom stereocenters. The van der Waals surface area contributed by atoms with Crippen LogP contribution in [0.4, 0.5) is 19.3 Å². The molecule has 0 aromatic carbocycles. The first kappa shape index (κ1) is 24.2. The maximum absolute atomic E-state index is 12.9. The van der Waals surface area contributed by atoms with Crippen molar-refractivity contribution in [3.8, 4) is 5.75 Å². The van der Waals surface area contributed by atoms with Gasteiger partial charge in [-0.15, -0.1) is 0 Å². The molecule has 0 aliphatic carbocycles. The summed E-state index contributed by atoms with van der Waals surface area (Å²) in [6.45, 7) is 1.47. The van der Waals surface area contributed by atoms with Crippen molar-refractivity contribution < 1.29 is 23.0 Å². The second-order valence-corrected chi connectivity index (χ2v) is 8.73. The number of anilines is 1. The van der Waals surface area contributed by atoms with E-state index < -0.39 is 6.61 Å². The van der Waals surface area contributed by atoms with E-state index >= 15 is 0 Å². The van der Waals surface area contributed by atoms with Gasteiger partial charge in [-0.25, -0.2) is 4.79 Å². The number of urea groups is 1. The van der Waals surface area contributed by atoms with Crippen molar-refractivity contribution in [1.29, 1.82) is 5.41 Å². The summed E-state index contributed by atoms with van der Waals surface area (Å²) in [5.41, 5.74) is 3.44. The highest BCUT2D eigenvalue weighted by atomic mass is 19.3. The third-order valence-electron chi connectivity index (χ3n) is 6.53. The molecule has 34 heavy (non-hydrogen) atoms. The number of halogens is 2. The smallest absolute Gasteiger partial charge is 0.387 e. The zero-order valence-electron chi connectivity index (χ0n) is 19.6. The van der Waals surface area contributed by atoms with Crippen molar-refractivity contribution in [2.24, 2.45) is 0 Å². The molecule has 3 aliphatic heterocycles. The molecule has 3 N–H and O–H groups in total. The van der Waals surface area contributed by atoms with Crippen LogP contribution >= 0.6 is 0 Å². The Labute approximate surface area is 198 Å². The van der Waals surface area contributed by atoms with E-state index in [1.54, 1.807) is 29.8 Å². The molecule has 1 aromatic heterocycles. The van der Waals surface area contributed by atoms with Crippen LogP contribution in [0.25, 0.3) is 0 Å². The molecule has 0 saturated carbocycles. The normalized spacial score (nSPS) is 19.2. The number of pyridine rings is 1. The average Bonchev–Trinajstić information content (AvgIpc) is 2.84. The molecule has 1 fully saturated rings. The number of rotatable bonds is 5. The van der Waals surface area contributed by atoms with Crippen LogP contribution in [0.3, 0.4) is 0 Å². The number of carbonyl (C=O) groups is 1. The summed E-state index contributed by atoms with van der Waals surface area (Å²) < 4.78 is 36.0. The van der Waals surface area contributed by atoms with Gasteiger partial charge in [-0.05, 0) is 32.6 Å². The highest BCUT2D eigenvalue weighted by Gasteiger charge is 2.31. The lowest BCUT2D eigenvalue weighted by atomic mass is 9.99. The van der Waals surface area contributed by atoms with Crippen LogP contribution in [0.1, 0.15) is 37.1 Å². The van der Waals surface area contributed by atoms with E-state index in [9.17, 15) is 13.6 Å². The molecule has 1 aromatic rings. The lowest BCUT2D eigenvalue weighted by molar-refractivity contribution is -0.0505. The topological polar surface area (TPSA) is 103 Å². The molecule has 4 heterocycles. The van der Waals surface area contributed by atoms with E-state index in [2.05, 4.69) is 20.4 Å². The SMILES string of the molecule is CNC(=O)N1CCC(NC2CCOCC2)=C(C(=N)N2CCCc3nc(C)c(OC(F)F)cc32)C1. The fraction of sp³-hybridized carbons (Fsp3) is 0.609. The van der Waals surface area contributed by atoms with E-state index in [0.29, 0.717) is 50.5 Å². The Bertz CT molecular complexity index is 964. The van der Waals surface area contributed by atoms with Gasteiger partial charge in [-0.3, -0.25) is 10.4 Å². The van der Waals surface area contributed by atoms with Crippen molar-refractivity contribution in [3.63, 3.8) is 0 Å². The summed E-state index contributed by atoms with van der Waals surface area (Å²) in [5, 5.41) is 15.4. The number of amides is 2. The van der Waals surface area contributed by atoms with E-state index in [1.165, 1.54) is 0 Å². The zero-order valence-corrected chi connectivity index (χ0v) is 19.6. The summed E-state index contributed by atoms with van der Waals surface area (Å²) in [6.07, 6.45) is 3.85. The quantitative estimate of drug-likeness (QED) is 0.444. The van der Waals surface area contributed by atoms with Gasteiger partial charge < -0.3 is 29.9 Å². The van der Waals surface area contributed by atoms with Crippen LogP contribution in [0.5, 0.6) is 5.75 Å². The second-order valence-electron chi connectivity index (χ2n) is 8.73. The molecule has 0 unspecified atom stereocenters. The van der Waals surface area contributed by atoms with Crippen molar-refractivity contribution in [2.45, 2.75) is 51.7 Å². The van der Waals surface area contributed by atoms with Crippen LogP contribution in [0.15, 0.2) is 17.3 Å². The molecule has 3 aliphatic rings. The molecule has 0 bridgehead atoms. The molecule has 9 nitrogen and oxygen atoms in total. The standard InChI is InChI=1S/C23H32F2N6O3/c1-14-20(34-22(24)25)12-19-18(28-14)4-3-8-31(19)21(26)16-13-30(23(32)27-2)9-5-17(16)29-15-6-10-33-11-7-15/h12,15,22,26,29H,3-11,13H2,1-2H3,(H,27,32). The summed E-state index contributed by atoms with van der Waals surface area (Å²) in [5.74, 6) is 0.261. The number of alkyl halides is 2. The number of nitrogens with one attached hydrogen (secondary N) is 3. The third-order valence-corrected chi connectivity index (χ3v) is 6.53. The van der Waals surface area contributed by atoms with Crippen molar-refractivity contribution in [2.75, 3.05) is 44.8 Å². The van der Waals surface area contributed by atoms with Crippen LogP contribution in [-0.4, -0.2) is 74.3 Å². The minimum absolute atomic E-state index is 0.0126. The van der Waals surface area contributed by atoms with Crippen LogP contribution in [0.2, 0.25) is 0 Å². The second kappa shape index (κ2) is 10.5. The molecular weight excluding hydrogens is 446 g/mol. The molecule has 1 saturated heterocycles. The molecule has 4 rings (SSSR count).